The van der Waals surface area contributed by atoms with Crippen molar-refractivity contribution in [3.8, 4) is 17.2 Å². The fourth-order valence-corrected chi connectivity index (χ4v) is 6.68. The molecule has 2 aromatic carbocycles. The van der Waals surface area contributed by atoms with E-state index in [0.717, 1.165) is 37.0 Å². The first kappa shape index (κ1) is 33.0. The third kappa shape index (κ3) is 8.00. The number of hydrogen-bond donors (Lipinski definition) is 4. The molecule has 0 bridgehead atoms. The number of amides is 2. The monoisotopic (exact) mass is 708 g/mol. The van der Waals surface area contributed by atoms with Crippen LogP contribution in [-0.4, -0.2) is 84.2 Å². The Hall–Kier alpha value is -2.87. The van der Waals surface area contributed by atoms with E-state index in [1.807, 2.05) is 24.3 Å². The van der Waals surface area contributed by atoms with Crippen LogP contribution in [0, 0.1) is 9.49 Å². The van der Waals surface area contributed by atoms with Gasteiger partial charge in [0.15, 0.2) is 11.5 Å². The topological polar surface area (TPSA) is 138 Å². The van der Waals surface area contributed by atoms with Crippen LogP contribution in [-0.2, 0) is 22.6 Å². The van der Waals surface area contributed by atoms with Crippen molar-refractivity contribution in [1.82, 2.24) is 10.2 Å². The number of nitrogens with zero attached hydrogens (tertiary/aromatic N) is 1. The fourth-order valence-electron chi connectivity index (χ4n) is 5.89. The maximum Gasteiger partial charge on any atom is 0.247 e. The summed E-state index contributed by atoms with van der Waals surface area (Å²) in [5.41, 5.74) is 1.93. The number of rotatable bonds is 13. The first-order valence-corrected chi connectivity index (χ1v) is 15.7. The zero-order valence-electron chi connectivity index (χ0n) is 24.6. The number of benzene rings is 2. The summed E-state index contributed by atoms with van der Waals surface area (Å²) in [6.45, 7) is -0.00733. The molecule has 2 amide bonds. The van der Waals surface area contributed by atoms with E-state index in [1.165, 1.54) is 7.11 Å². The van der Waals surface area contributed by atoms with E-state index in [4.69, 9.17) is 14.2 Å². The predicted octanol–water partition coefficient (Wildman–Crippen LogP) is 2.98. The van der Waals surface area contributed by atoms with Gasteiger partial charge >= 0.3 is 0 Å². The van der Waals surface area contributed by atoms with Gasteiger partial charge in [0.1, 0.15) is 18.0 Å². The Kier molecular flexibility index (Phi) is 12.1. The Morgan fingerprint density at radius 1 is 1.07 bits per heavy atom. The number of hydrogen-bond acceptors (Lipinski definition) is 8. The first-order valence-electron chi connectivity index (χ1n) is 14.6. The number of aliphatic hydroxyl groups excluding tert-OH is 3. The predicted molar refractivity (Wildman–Crippen MR) is 169 cm³/mol. The van der Waals surface area contributed by atoms with Crippen LogP contribution in [0.3, 0.4) is 0 Å². The SMILES string of the molecule is COc1ccccc1CCN(C(=O)C1CCCC1)C1CC(C(=O)NCCO)=CC(Oc2c(I)cc(CO)cc2OC)C1O. The lowest BCUT2D eigenvalue weighted by Gasteiger charge is -2.41. The van der Waals surface area contributed by atoms with E-state index < -0.39 is 24.2 Å². The molecule has 10 nitrogen and oxygen atoms in total. The number of carbonyl (C=O) groups is 2. The van der Waals surface area contributed by atoms with Crippen molar-refractivity contribution < 1.29 is 39.1 Å². The van der Waals surface area contributed by atoms with E-state index >= 15 is 0 Å². The molecule has 0 aromatic heterocycles. The van der Waals surface area contributed by atoms with Crippen LogP contribution in [0.25, 0.3) is 0 Å². The van der Waals surface area contributed by atoms with Crippen molar-refractivity contribution >= 4 is 34.4 Å². The lowest BCUT2D eigenvalue weighted by molar-refractivity contribution is -0.142. The highest BCUT2D eigenvalue weighted by atomic mass is 127. The molecule has 2 aromatic rings. The van der Waals surface area contributed by atoms with E-state index in [-0.39, 0.29) is 38.0 Å². The smallest absolute Gasteiger partial charge is 0.247 e. The minimum Gasteiger partial charge on any atom is -0.496 e. The standard InChI is InChI=1S/C32H41IN2O8/c1-41-26-10-6-5-7-21(26)11-13-35(32(40)22-8-3-4-9-22)25-17-23(31(39)34-12-14-36)18-27(29(25)38)43-30-24(33)15-20(19-37)16-28(30)42-2/h5-7,10,15-16,18,22,25,27,29,36-38H,3-4,8-9,11-14,17,19H2,1-2H3,(H,34,39). The van der Waals surface area contributed by atoms with Gasteiger partial charge in [-0.1, -0.05) is 31.0 Å². The summed E-state index contributed by atoms with van der Waals surface area (Å²) in [5.74, 6) is 0.882. The molecule has 3 atom stereocenters. The second-order valence-electron chi connectivity index (χ2n) is 10.9. The van der Waals surface area contributed by atoms with Gasteiger partial charge in [-0.3, -0.25) is 9.59 Å². The van der Waals surface area contributed by atoms with E-state index in [1.54, 1.807) is 30.2 Å². The summed E-state index contributed by atoms with van der Waals surface area (Å²) in [4.78, 5) is 29.0. The van der Waals surface area contributed by atoms with Gasteiger partial charge in [-0.2, -0.15) is 0 Å². The molecule has 0 heterocycles. The highest BCUT2D eigenvalue weighted by Gasteiger charge is 2.42. The van der Waals surface area contributed by atoms with Crippen LogP contribution < -0.4 is 19.5 Å². The van der Waals surface area contributed by atoms with Crippen molar-refractivity contribution in [3.05, 3.63) is 62.7 Å². The Labute approximate surface area is 266 Å². The number of carbonyl (C=O) groups excluding carboxylic acids is 2. The van der Waals surface area contributed by atoms with Gasteiger partial charge < -0.3 is 39.7 Å². The molecule has 1 fully saturated rings. The van der Waals surface area contributed by atoms with Gasteiger partial charge in [-0.15, -0.1) is 0 Å². The summed E-state index contributed by atoms with van der Waals surface area (Å²) in [5, 5.41) is 33.5. The largest absolute Gasteiger partial charge is 0.496 e. The summed E-state index contributed by atoms with van der Waals surface area (Å²) in [6, 6.07) is 10.3. The Morgan fingerprint density at radius 2 is 1.79 bits per heavy atom. The highest BCUT2D eigenvalue weighted by molar-refractivity contribution is 14.1. The van der Waals surface area contributed by atoms with Crippen molar-refractivity contribution in [2.24, 2.45) is 5.92 Å². The molecular formula is C32H41IN2O8. The number of nitrogens with one attached hydrogen (secondary N) is 1. The van der Waals surface area contributed by atoms with Gasteiger partial charge in [0, 0.05) is 31.0 Å². The lowest BCUT2D eigenvalue weighted by Crippen LogP contribution is -2.56. The van der Waals surface area contributed by atoms with Gasteiger partial charge in [-0.05, 0) is 77.3 Å². The van der Waals surface area contributed by atoms with Crippen LogP contribution in [0.2, 0.25) is 0 Å². The van der Waals surface area contributed by atoms with E-state index in [2.05, 4.69) is 27.9 Å². The first-order chi connectivity index (χ1) is 20.8. The molecule has 11 heteroatoms. The minimum absolute atomic E-state index is 0.0355. The molecule has 0 spiro atoms. The summed E-state index contributed by atoms with van der Waals surface area (Å²) >= 11 is 2.08. The Balaban J connectivity index is 1.70. The number of para-hydroxylation sites is 1. The molecule has 3 unspecified atom stereocenters. The average molecular weight is 709 g/mol. The van der Waals surface area contributed by atoms with Crippen LogP contribution in [0.5, 0.6) is 17.2 Å². The highest BCUT2D eigenvalue weighted by Crippen LogP contribution is 2.38. The van der Waals surface area contributed by atoms with Crippen LogP contribution >= 0.6 is 22.6 Å². The van der Waals surface area contributed by atoms with Crippen molar-refractivity contribution in [3.63, 3.8) is 0 Å². The molecular weight excluding hydrogens is 667 g/mol. The molecule has 1 saturated carbocycles. The quantitative estimate of drug-likeness (QED) is 0.233. The third-order valence-electron chi connectivity index (χ3n) is 8.14. The molecule has 4 rings (SSSR count). The van der Waals surface area contributed by atoms with E-state index in [0.29, 0.717) is 39.2 Å². The molecule has 0 saturated heterocycles. The van der Waals surface area contributed by atoms with Gasteiger partial charge in [0.25, 0.3) is 0 Å². The molecule has 0 radical (unpaired) electrons. The van der Waals surface area contributed by atoms with Crippen LogP contribution in [0.15, 0.2) is 48.0 Å². The molecule has 43 heavy (non-hydrogen) atoms. The zero-order valence-corrected chi connectivity index (χ0v) is 26.8. The molecule has 2 aliphatic carbocycles. The summed E-state index contributed by atoms with van der Waals surface area (Å²) in [6.07, 6.45) is 3.61. The minimum atomic E-state index is -1.16. The number of ether oxygens (including phenoxy) is 3. The normalized spacial score (nSPS) is 20.3. The third-order valence-corrected chi connectivity index (χ3v) is 8.94. The second kappa shape index (κ2) is 15.7. The van der Waals surface area contributed by atoms with Crippen LogP contribution in [0.1, 0.15) is 43.2 Å². The Morgan fingerprint density at radius 3 is 2.47 bits per heavy atom. The number of methoxy groups -OCH3 is 2. The van der Waals surface area contributed by atoms with Gasteiger partial charge in [-0.25, -0.2) is 0 Å². The maximum absolute atomic E-state index is 14.0. The fraction of sp³-hybridized carbons (Fsp3) is 0.500. The second-order valence-corrected chi connectivity index (χ2v) is 12.0. The average Bonchev–Trinajstić information content (AvgIpc) is 3.57. The lowest BCUT2D eigenvalue weighted by atomic mass is 9.87. The summed E-state index contributed by atoms with van der Waals surface area (Å²) < 4.78 is 18.1. The molecule has 234 valence electrons. The molecule has 0 aliphatic heterocycles. The van der Waals surface area contributed by atoms with Gasteiger partial charge in [0.05, 0.1) is 37.0 Å². The zero-order chi connectivity index (χ0) is 30.9. The maximum atomic E-state index is 14.0. The summed E-state index contributed by atoms with van der Waals surface area (Å²) in [7, 11) is 3.10. The number of aliphatic hydroxyl groups is 3. The molecule has 4 N–H and O–H groups in total. The van der Waals surface area contributed by atoms with Crippen molar-refractivity contribution in [1.29, 1.82) is 0 Å². The van der Waals surface area contributed by atoms with Crippen LogP contribution in [0.4, 0.5) is 0 Å². The van der Waals surface area contributed by atoms with Gasteiger partial charge in [0.2, 0.25) is 11.8 Å². The van der Waals surface area contributed by atoms with Crippen molar-refractivity contribution in [2.45, 2.75) is 63.4 Å². The number of halogens is 1. The van der Waals surface area contributed by atoms with Crippen molar-refractivity contribution in [2.75, 3.05) is 33.9 Å². The Bertz CT molecular complexity index is 1300. The van der Waals surface area contributed by atoms with E-state index in [9.17, 15) is 24.9 Å². The molecule has 2 aliphatic rings.